The van der Waals surface area contributed by atoms with Crippen LogP contribution in [0.25, 0.3) is 0 Å². The normalized spacial score (nSPS) is 14.5. The van der Waals surface area contributed by atoms with Gasteiger partial charge >= 0.3 is 6.18 Å². The van der Waals surface area contributed by atoms with E-state index in [0.29, 0.717) is 11.5 Å². The summed E-state index contributed by atoms with van der Waals surface area (Å²) in [7, 11) is 0. The molecule has 2 heterocycles. The van der Waals surface area contributed by atoms with Crippen LogP contribution in [0.1, 0.15) is 24.2 Å². The Balaban J connectivity index is 1.61. The molecule has 0 bridgehead atoms. The second-order valence-electron chi connectivity index (χ2n) is 5.26. The minimum Gasteiger partial charge on any atom is -0.454 e. The van der Waals surface area contributed by atoms with Crippen LogP contribution in [0.3, 0.4) is 0 Å². The Bertz CT molecular complexity index is 758. The number of carbonyl (C=O) groups excluding carboxylic acids is 1. The summed E-state index contributed by atoms with van der Waals surface area (Å²) in [6.07, 6.45) is -3.40. The molecular formula is C15H14F3N3O3. The third-order valence-corrected chi connectivity index (χ3v) is 3.58. The van der Waals surface area contributed by atoms with Gasteiger partial charge in [-0.3, -0.25) is 9.48 Å². The predicted octanol–water partition coefficient (Wildman–Crippen LogP) is 2.51. The van der Waals surface area contributed by atoms with Crippen molar-refractivity contribution in [3.05, 3.63) is 41.7 Å². The molecule has 3 rings (SSSR count). The number of nitrogens with zero attached hydrogens (tertiary/aromatic N) is 2. The molecule has 128 valence electrons. The summed E-state index contributed by atoms with van der Waals surface area (Å²) in [5, 5.41) is 6.06. The Morgan fingerprint density at radius 2 is 2.08 bits per heavy atom. The lowest BCUT2D eigenvalue weighted by molar-refractivity contribution is -0.142. The smallest absolute Gasteiger partial charge is 0.435 e. The van der Waals surface area contributed by atoms with Gasteiger partial charge in [-0.1, -0.05) is 6.07 Å². The first kappa shape index (κ1) is 16.2. The Labute approximate surface area is 135 Å². The molecule has 1 aromatic heterocycles. The van der Waals surface area contributed by atoms with Crippen molar-refractivity contribution in [2.75, 3.05) is 6.79 Å². The minimum atomic E-state index is -4.53. The van der Waals surface area contributed by atoms with Crippen molar-refractivity contribution >= 4 is 5.91 Å². The topological polar surface area (TPSA) is 65.4 Å². The van der Waals surface area contributed by atoms with Gasteiger partial charge in [0, 0.05) is 12.7 Å². The first-order valence-electron chi connectivity index (χ1n) is 7.13. The molecule has 1 amide bonds. The van der Waals surface area contributed by atoms with E-state index in [1.807, 2.05) is 0 Å². The first-order chi connectivity index (χ1) is 11.3. The molecule has 9 heteroatoms. The van der Waals surface area contributed by atoms with Crippen LogP contribution >= 0.6 is 0 Å². The molecule has 0 radical (unpaired) electrons. The fourth-order valence-corrected chi connectivity index (χ4v) is 2.21. The molecule has 0 saturated heterocycles. The minimum absolute atomic E-state index is 0.156. The second kappa shape index (κ2) is 6.06. The molecular weight excluding hydrogens is 327 g/mol. The van der Waals surface area contributed by atoms with Crippen LogP contribution in [-0.4, -0.2) is 22.5 Å². The lowest BCUT2D eigenvalue weighted by atomic mass is 10.2. The average molecular weight is 341 g/mol. The van der Waals surface area contributed by atoms with Crippen LogP contribution in [0.2, 0.25) is 0 Å². The highest BCUT2D eigenvalue weighted by molar-refractivity contribution is 5.79. The first-order valence-corrected chi connectivity index (χ1v) is 7.13. The fourth-order valence-electron chi connectivity index (χ4n) is 2.21. The Morgan fingerprint density at radius 3 is 2.79 bits per heavy atom. The van der Waals surface area contributed by atoms with Gasteiger partial charge in [0.15, 0.2) is 17.2 Å². The molecule has 0 saturated carbocycles. The van der Waals surface area contributed by atoms with E-state index < -0.39 is 23.8 Å². The van der Waals surface area contributed by atoms with Crippen molar-refractivity contribution in [2.45, 2.75) is 25.7 Å². The summed E-state index contributed by atoms with van der Waals surface area (Å²) >= 11 is 0. The molecule has 24 heavy (non-hydrogen) atoms. The van der Waals surface area contributed by atoms with E-state index in [9.17, 15) is 18.0 Å². The molecule has 1 N–H and O–H groups in total. The van der Waals surface area contributed by atoms with E-state index >= 15 is 0 Å². The maximum Gasteiger partial charge on any atom is 0.435 e. The molecule has 1 aliphatic rings. The van der Waals surface area contributed by atoms with Gasteiger partial charge in [0.2, 0.25) is 12.7 Å². The number of nitrogens with one attached hydrogen (secondary N) is 1. The molecule has 1 aromatic carbocycles. The van der Waals surface area contributed by atoms with Gasteiger partial charge in [0.1, 0.15) is 6.04 Å². The third-order valence-electron chi connectivity index (χ3n) is 3.58. The third kappa shape index (κ3) is 3.29. The van der Waals surface area contributed by atoms with Gasteiger partial charge in [-0.2, -0.15) is 18.3 Å². The number of alkyl halides is 3. The lowest BCUT2D eigenvalue weighted by Crippen LogP contribution is -2.31. The average Bonchev–Trinajstić information content (AvgIpc) is 3.19. The summed E-state index contributed by atoms with van der Waals surface area (Å²) < 4.78 is 49.1. The van der Waals surface area contributed by atoms with E-state index in [1.54, 1.807) is 18.2 Å². The van der Waals surface area contributed by atoms with Crippen molar-refractivity contribution < 1.29 is 27.4 Å². The Morgan fingerprint density at radius 1 is 1.33 bits per heavy atom. The summed E-state index contributed by atoms with van der Waals surface area (Å²) in [6, 6.07) is 5.21. The summed E-state index contributed by atoms with van der Waals surface area (Å²) in [5.41, 5.74) is -0.242. The van der Waals surface area contributed by atoms with Crippen LogP contribution in [0, 0.1) is 0 Å². The number of amides is 1. The summed E-state index contributed by atoms with van der Waals surface area (Å²) in [4.78, 5) is 12.1. The van der Waals surface area contributed by atoms with Crippen molar-refractivity contribution in [1.82, 2.24) is 15.1 Å². The van der Waals surface area contributed by atoms with Gasteiger partial charge < -0.3 is 14.8 Å². The molecule has 1 aliphatic heterocycles. The number of aromatic nitrogens is 2. The second-order valence-corrected chi connectivity index (χ2v) is 5.26. The molecule has 6 nitrogen and oxygen atoms in total. The Kier molecular flexibility index (Phi) is 4.08. The maximum absolute atomic E-state index is 12.5. The highest BCUT2D eigenvalue weighted by Gasteiger charge is 2.34. The number of hydrogen-bond acceptors (Lipinski definition) is 4. The molecule has 0 spiro atoms. The summed E-state index contributed by atoms with van der Waals surface area (Å²) in [5.74, 6) is 0.788. The number of rotatable bonds is 4. The van der Waals surface area contributed by atoms with Crippen LogP contribution in [0.15, 0.2) is 30.5 Å². The van der Waals surface area contributed by atoms with Crippen molar-refractivity contribution in [1.29, 1.82) is 0 Å². The van der Waals surface area contributed by atoms with Crippen molar-refractivity contribution in [2.24, 2.45) is 0 Å². The van der Waals surface area contributed by atoms with Gasteiger partial charge in [-0.15, -0.1) is 0 Å². The fraction of sp³-hybridized carbons (Fsp3) is 0.333. The van der Waals surface area contributed by atoms with Gasteiger partial charge in [-0.25, -0.2) is 0 Å². The zero-order chi connectivity index (χ0) is 17.3. The van der Waals surface area contributed by atoms with E-state index in [-0.39, 0.29) is 13.3 Å². The van der Waals surface area contributed by atoms with Crippen LogP contribution in [-0.2, 0) is 17.5 Å². The standard InChI is InChI=1S/C15H14F3N3O3/c1-9(21-5-4-13(20-21)15(16,17)18)14(22)19-7-10-2-3-11-12(6-10)24-8-23-11/h2-6,9H,7-8H2,1H3,(H,19,22)/t9-/m1/s1. The molecule has 0 unspecified atom stereocenters. The number of ether oxygens (including phenoxy) is 2. The lowest BCUT2D eigenvalue weighted by Gasteiger charge is -2.13. The monoisotopic (exact) mass is 341 g/mol. The van der Waals surface area contributed by atoms with Gasteiger partial charge in [0.25, 0.3) is 0 Å². The van der Waals surface area contributed by atoms with Crippen LogP contribution in [0.4, 0.5) is 13.2 Å². The maximum atomic E-state index is 12.5. The Hall–Kier alpha value is -2.71. The highest BCUT2D eigenvalue weighted by Crippen LogP contribution is 2.32. The van der Waals surface area contributed by atoms with Crippen molar-refractivity contribution in [3.8, 4) is 11.5 Å². The number of hydrogen-bond donors (Lipinski definition) is 1. The van der Waals surface area contributed by atoms with E-state index in [4.69, 9.17) is 9.47 Å². The van der Waals surface area contributed by atoms with Crippen molar-refractivity contribution in [3.63, 3.8) is 0 Å². The zero-order valence-electron chi connectivity index (χ0n) is 12.6. The van der Waals surface area contributed by atoms with Gasteiger partial charge in [-0.05, 0) is 30.7 Å². The van der Waals surface area contributed by atoms with E-state index in [1.165, 1.54) is 6.92 Å². The zero-order valence-corrected chi connectivity index (χ0v) is 12.6. The van der Waals surface area contributed by atoms with Crippen LogP contribution < -0.4 is 14.8 Å². The largest absolute Gasteiger partial charge is 0.454 e. The molecule has 0 fully saturated rings. The quantitative estimate of drug-likeness (QED) is 0.928. The van der Waals surface area contributed by atoms with E-state index in [2.05, 4.69) is 10.4 Å². The molecule has 1 atom stereocenters. The number of carbonyl (C=O) groups is 1. The number of fused-ring (bicyclic) bond motifs is 1. The molecule has 2 aromatic rings. The predicted molar refractivity (Wildman–Crippen MR) is 76.4 cm³/mol. The number of benzene rings is 1. The van der Waals surface area contributed by atoms with Gasteiger partial charge in [0.05, 0.1) is 0 Å². The highest BCUT2D eigenvalue weighted by atomic mass is 19.4. The van der Waals surface area contributed by atoms with E-state index in [0.717, 1.165) is 22.5 Å². The SMILES string of the molecule is C[C@H](C(=O)NCc1ccc2c(c1)OCO2)n1ccc(C(F)(F)F)n1. The molecule has 0 aliphatic carbocycles. The van der Waals surface area contributed by atoms with Crippen LogP contribution in [0.5, 0.6) is 11.5 Å². The summed E-state index contributed by atoms with van der Waals surface area (Å²) in [6.45, 7) is 1.85. The number of halogens is 3.